The predicted molar refractivity (Wildman–Crippen MR) is 116 cm³/mol. The lowest BCUT2D eigenvalue weighted by atomic mass is 10.0. The van der Waals surface area contributed by atoms with Gasteiger partial charge in [-0.25, -0.2) is 14.5 Å². The fourth-order valence-corrected chi connectivity index (χ4v) is 3.07. The van der Waals surface area contributed by atoms with Gasteiger partial charge in [0.05, 0.1) is 28.4 Å². The Hall–Kier alpha value is -3.42. The minimum Gasteiger partial charge on any atom is -0.478 e. The van der Waals surface area contributed by atoms with E-state index >= 15 is 0 Å². The summed E-state index contributed by atoms with van der Waals surface area (Å²) in [5.41, 5.74) is 2.76. The Morgan fingerprint density at radius 1 is 1.20 bits per heavy atom. The monoisotopic (exact) mass is 409 g/mol. The van der Waals surface area contributed by atoms with Gasteiger partial charge in [-0.05, 0) is 37.5 Å². The lowest BCUT2D eigenvalue weighted by molar-refractivity contribution is 0.0696. The molecule has 3 N–H and O–H groups in total. The van der Waals surface area contributed by atoms with Gasteiger partial charge >= 0.3 is 5.97 Å². The number of hydrogen-bond acceptors (Lipinski definition) is 5. The van der Waals surface area contributed by atoms with E-state index in [0.29, 0.717) is 29.3 Å². The first-order valence-electron chi connectivity index (χ1n) is 10.0. The van der Waals surface area contributed by atoms with E-state index in [4.69, 9.17) is 5.11 Å². The zero-order chi connectivity index (χ0) is 21.8. The number of aromatic nitrogens is 3. The number of benzene rings is 1. The molecule has 0 fully saturated rings. The minimum absolute atomic E-state index is 0.138. The highest BCUT2D eigenvalue weighted by atomic mass is 16.4. The Morgan fingerprint density at radius 2 is 1.97 bits per heavy atom. The zero-order valence-corrected chi connectivity index (χ0v) is 17.6. The molecule has 0 saturated heterocycles. The van der Waals surface area contributed by atoms with Crippen LogP contribution in [0.3, 0.4) is 0 Å². The quantitative estimate of drug-likeness (QED) is 0.525. The molecule has 0 aliphatic rings. The number of pyridine rings is 1. The number of nitrogens with zero attached hydrogens (tertiary/aromatic N) is 3. The Bertz CT molecular complexity index is 1070. The van der Waals surface area contributed by atoms with Crippen molar-refractivity contribution in [2.45, 2.75) is 46.8 Å². The van der Waals surface area contributed by atoms with Gasteiger partial charge in [0.1, 0.15) is 0 Å². The fourth-order valence-electron chi connectivity index (χ4n) is 3.07. The summed E-state index contributed by atoms with van der Waals surface area (Å²) < 4.78 is 1.79. The topological polar surface area (TPSA) is 109 Å². The van der Waals surface area contributed by atoms with Gasteiger partial charge in [0.25, 0.3) is 5.91 Å². The number of amides is 1. The largest absolute Gasteiger partial charge is 0.478 e. The summed E-state index contributed by atoms with van der Waals surface area (Å²) in [6.45, 7) is 9.18. The molecule has 1 amide bonds. The molecule has 3 aromatic rings. The first kappa shape index (κ1) is 21.3. The van der Waals surface area contributed by atoms with Crippen molar-refractivity contribution in [1.29, 1.82) is 0 Å². The van der Waals surface area contributed by atoms with Crippen LogP contribution < -0.4 is 10.6 Å². The Labute approximate surface area is 175 Å². The average Bonchev–Trinajstić information content (AvgIpc) is 3.15. The average molecular weight is 409 g/mol. The molecule has 1 atom stereocenters. The van der Waals surface area contributed by atoms with Crippen LogP contribution in [-0.2, 0) is 13.1 Å². The summed E-state index contributed by atoms with van der Waals surface area (Å²) in [7, 11) is 0. The molecule has 0 aliphatic carbocycles. The number of nitrogens with one attached hydrogen (secondary N) is 2. The second kappa shape index (κ2) is 8.94. The van der Waals surface area contributed by atoms with Crippen molar-refractivity contribution in [3.63, 3.8) is 0 Å². The molecule has 158 valence electrons. The summed E-state index contributed by atoms with van der Waals surface area (Å²) in [5.74, 6) is -0.920. The molecule has 0 radical (unpaired) electrons. The van der Waals surface area contributed by atoms with Crippen LogP contribution in [-0.4, -0.2) is 37.8 Å². The molecule has 30 heavy (non-hydrogen) atoms. The maximum atomic E-state index is 13.0. The van der Waals surface area contributed by atoms with Gasteiger partial charge in [0.2, 0.25) is 0 Å². The van der Waals surface area contributed by atoms with Crippen molar-refractivity contribution in [3.8, 4) is 0 Å². The number of carbonyl (C=O) groups excluding carboxylic acids is 1. The highest BCUT2D eigenvalue weighted by Crippen LogP contribution is 2.27. The van der Waals surface area contributed by atoms with Gasteiger partial charge in [-0.3, -0.25) is 4.79 Å². The molecule has 8 nitrogen and oxygen atoms in total. The van der Waals surface area contributed by atoms with E-state index < -0.39 is 5.97 Å². The standard InChI is InChI=1S/C22H27N5O3/c1-5-27-20-17(12-25-27)19(26-14(4)13(2)3)18(11-23-20)21(28)24-10-15-7-6-8-16(9-15)22(29)30/h6-9,11-14H,5,10H2,1-4H3,(H,23,26)(H,24,28)(H,29,30)/t14-/m0/s1. The van der Waals surface area contributed by atoms with Crippen molar-refractivity contribution in [2.24, 2.45) is 5.92 Å². The van der Waals surface area contributed by atoms with Gasteiger partial charge < -0.3 is 15.7 Å². The van der Waals surface area contributed by atoms with Crippen molar-refractivity contribution in [2.75, 3.05) is 5.32 Å². The number of anilines is 1. The molecule has 8 heteroatoms. The molecule has 0 spiro atoms. The van der Waals surface area contributed by atoms with E-state index in [2.05, 4.69) is 41.5 Å². The molecule has 3 rings (SSSR count). The van der Waals surface area contributed by atoms with Crippen molar-refractivity contribution in [1.82, 2.24) is 20.1 Å². The molecule has 0 aliphatic heterocycles. The third-order valence-electron chi connectivity index (χ3n) is 5.21. The summed E-state index contributed by atoms with van der Waals surface area (Å²) in [6, 6.07) is 6.65. The fraction of sp³-hybridized carbons (Fsp3) is 0.364. The molecule has 1 aromatic carbocycles. The highest BCUT2D eigenvalue weighted by Gasteiger charge is 2.20. The van der Waals surface area contributed by atoms with E-state index in [9.17, 15) is 9.59 Å². The maximum absolute atomic E-state index is 13.0. The first-order valence-corrected chi connectivity index (χ1v) is 10.0. The van der Waals surface area contributed by atoms with Gasteiger partial charge in [-0.1, -0.05) is 26.0 Å². The first-order chi connectivity index (χ1) is 14.3. The van der Waals surface area contributed by atoms with Crippen molar-refractivity contribution >= 4 is 28.6 Å². The summed E-state index contributed by atoms with van der Waals surface area (Å²) in [6.07, 6.45) is 3.29. The normalized spacial score (nSPS) is 12.2. The molecule has 2 aromatic heterocycles. The Kier molecular flexibility index (Phi) is 6.34. The molecule has 0 unspecified atom stereocenters. The third-order valence-corrected chi connectivity index (χ3v) is 5.21. The molecule has 0 saturated carbocycles. The number of fused-ring (bicyclic) bond motifs is 1. The number of hydrogen-bond donors (Lipinski definition) is 3. The summed E-state index contributed by atoms with van der Waals surface area (Å²) in [5, 5.41) is 20.6. The van der Waals surface area contributed by atoms with E-state index in [1.54, 1.807) is 35.3 Å². The van der Waals surface area contributed by atoms with E-state index in [-0.39, 0.29) is 24.1 Å². The molecule has 0 bridgehead atoms. The van der Waals surface area contributed by atoms with Crippen LogP contribution in [0.25, 0.3) is 11.0 Å². The van der Waals surface area contributed by atoms with Crippen LogP contribution in [0.2, 0.25) is 0 Å². The maximum Gasteiger partial charge on any atom is 0.335 e. The van der Waals surface area contributed by atoms with Crippen LogP contribution in [0.15, 0.2) is 36.7 Å². The van der Waals surface area contributed by atoms with Gasteiger partial charge in [-0.15, -0.1) is 0 Å². The predicted octanol–water partition coefficient (Wildman–Crippen LogP) is 3.54. The number of aryl methyl sites for hydroxylation is 1. The van der Waals surface area contributed by atoms with E-state index in [1.807, 2.05) is 6.92 Å². The summed E-state index contributed by atoms with van der Waals surface area (Å²) >= 11 is 0. The van der Waals surface area contributed by atoms with Crippen LogP contribution in [0, 0.1) is 5.92 Å². The van der Waals surface area contributed by atoms with Crippen molar-refractivity contribution in [3.05, 3.63) is 53.3 Å². The second-order valence-electron chi connectivity index (χ2n) is 7.61. The van der Waals surface area contributed by atoms with Crippen LogP contribution in [0.4, 0.5) is 5.69 Å². The number of carboxylic acid groups (broad SMARTS) is 1. The number of carboxylic acids is 1. The molecule has 2 heterocycles. The minimum atomic E-state index is -1.00. The van der Waals surface area contributed by atoms with Crippen LogP contribution in [0.1, 0.15) is 54.0 Å². The van der Waals surface area contributed by atoms with E-state index in [0.717, 1.165) is 11.0 Å². The summed E-state index contributed by atoms with van der Waals surface area (Å²) in [4.78, 5) is 28.6. The van der Waals surface area contributed by atoms with Crippen molar-refractivity contribution < 1.29 is 14.7 Å². The van der Waals surface area contributed by atoms with E-state index in [1.165, 1.54) is 6.07 Å². The number of aromatic carboxylic acids is 1. The lowest BCUT2D eigenvalue weighted by Gasteiger charge is -2.21. The molecular weight excluding hydrogens is 382 g/mol. The lowest BCUT2D eigenvalue weighted by Crippen LogP contribution is -2.27. The SMILES string of the molecule is CCn1ncc2c(N[C@@H](C)C(C)C)c(C(=O)NCc3cccc(C(=O)O)c3)cnc21. The van der Waals surface area contributed by atoms with Crippen LogP contribution >= 0.6 is 0 Å². The highest BCUT2D eigenvalue weighted by molar-refractivity contribution is 6.06. The Balaban J connectivity index is 1.90. The zero-order valence-electron chi connectivity index (χ0n) is 17.6. The number of carbonyl (C=O) groups is 2. The van der Waals surface area contributed by atoms with Gasteiger partial charge in [0, 0.05) is 25.3 Å². The van der Waals surface area contributed by atoms with Gasteiger partial charge in [0.15, 0.2) is 5.65 Å². The smallest absolute Gasteiger partial charge is 0.335 e. The number of rotatable bonds is 8. The third kappa shape index (κ3) is 4.42. The second-order valence-corrected chi connectivity index (χ2v) is 7.61. The molecular formula is C22H27N5O3. The Morgan fingerprint density at radius 3 is 2.63 bits per heavy atom. The van der Waals surface area contributed by atoms with Crippen LogP contribution in [0.5, 0.6) is 0 Å². The van der Waals surface area contributed by atoms with Gasteiger partial charge in [-0.2, -0.15) is 5.10 Å².